The topological polar surface area (TPSA) is 112 Å². The molecular formula is C22H27N3O5. The van der Waals surface area contributed by atoms with Crippen molar-refractivity contribution in [2.45, 2.75) is 57.7 Å². The summed E-state index contributed by atoms with van der Waals surface area (Å²) in [4.78, 5) is 42.4. The second-order valence-electron chi connectivity index (χ2n) is 8.53. The third-order valence-electron chi connectivity index (χ3n) is 6.06. The molecule has 3 unspecified atom stereocenters. The molecule has 0 aliphatic carbocycles. The number of carbonyl (C=O) groups is 3. The van der Waals surface area contributed by atoms with Gasteiger partial charge >= 0.3 is 5.97 Å². The molecule has 0 radical (unpaired) electrons. The number of ether oxygens (including phenoxy) is 1. The number of methoxy groups -OCH3 is 1. The van der Waals surface area contributed by atoms with Gasteiger partial charge in [-0.1, -0.05) is 13.8 Å². The minimum Gasteiger partial charge on any atom is -0.497 e. The van der Waals surface area contributed by atoms with E-state index in [1.54, 1.807) is 12.0 Å². The number of rotatable bonds is 6. The van der Waals surface area contributed by atoms with Gasteiger partial charge in [-0.15, -0.1) is 0 Å². The Morgan fingerprint density at radius 1 is 1.33 bits per heavy atom. The zero-order valence-electron chi connectivity index (χ0n) is 17.4. The van der Waals surface area contributed by atoms with Gasteiger partial charge in [-0.25, -0.2) is 0 Å². The number of H-pyrrole nitrogens is 1. The van der Waals surface area contributed by atoms with E-state index in [1.165, 1.54) is 0 Å². The van der Waals surface area contributed by atoms with Crippen molar-refractivity contribution in [2.24, 2.45) is 5.92 Å². The monoisotopic (exact) mass is 413 g/mol. The minimum absolute atomic E-state index is 0.0916. The number of nitrogens with one attached hydrogen (secondary N) is 2. The van der Waals surface area contributed by atoms with Gasteiger partial charge in [0.1, 0.15) is 17.8 Å². The molecule has 2 aliphatic rings. The number of aromatic nitrogens is 1. The molecule has 0 saturated carbocycles. The number of benzene rings is 1. The number of piperazine rings is 1. The molecule has 8 nitrogen and oxygen atoms in total. The van der Waals surface area contributed by atoms with E-state index in [0.717, 1.165) is 27.9 Å². The van der Waals surface area contributed by atoms with Crippen LogP contribution in [0.5, 0.6) is 5.75 Å². The van der Waals surface area contributed by atoms with E-state index in [4.69, 9.17) is 9.84 Å². The first-order valence-corrected chi connectivity index (χ1v) is 10.3. The van der Waals surface area contributed by atoms with Crippen molar-refractivity contribution in [2.75, 3.05) is 7.11 Å². The normalized spacial score (nSPS) is 23.3. The van der Waals surface area contributed by atoms with Gasteiger partial charge in [0.05, 0.1) is 13.2 Å². The summed E-state index contributed by atoms with van der Waals surface area (Å²) in [6, 6.07) is 4.17. The number of hydrogen-bond acceptors (Lipinski definition) is 4. The lowest BCUT2D eigenvalue weighted by atomic mass is 9.85. The summed E-state index contributed by atoms with van der Waals surface area (Å²) in [5.74, 6) is -0.358. The van der Waals surface area contributed by atoms with Crippen LogP contribution >= 0.6 is 0 Å². The lowest BCUT2D eigenvalue weighted by Gasteiger charge is -2.46. The lowest BCUT2D eigenvalue weighted by molar-refractivity contribution is -0.154. The first kappa shape index (κ1) is 20.3. The number of hydrogen-bond donors (Lipinski definition) is 3. The predicted octanol–water partition coefficient (Wildman–Crippen LogP) is 2.38. The van der Waals surface area contributed by atoms with Crippen molar-refractivity contribution in [3.63, 3.8) is 0 Å². The SMILES string of the molecule is COc1ccc2c3c([nH]c2c1)C(CC(C)C)N1C(=O)C(CCC(=O)O)NC(=O)C1C3. The zero-order valence-corrected chi connectivity index (χ0v) is 17.4. The Kier molecular flexibility index (Phi) is 5.17. The summed E-state index contributed by atoms with van der Waals surface area (Å²) in [7, 11) is 1.62. The largest absolute Gasteiger partial charge is 0.497 e. The molecular weight excluding hydrogens is 386 g/mol. The van der Waals surface area contributed by atoms with Crippen molar-refractivity contribution in [3.05, 3.63) is 29.5 Å². The molecule has 2 aliphatic heterocycles. The van der Waals surface area contributed by atoms with E-state index in [-0.39, 0.29) is 30.7 Å². The highest BCUT2D eigenvalue weighted by atomic mass is 16.5. The molecule has 2 amide bonds. The number of carboxylic acids is 1. The first-order valence-electron chi connectivity index (χ1n) is 10.3. The predicted molar refractivity (Wildman–Crippen MR) is 110 cm³/mol. The maximum atomic E-state index is 13.3. The molecule has 2 aromatic rings. The van der Waals surface area contributed by atoms with Crippen LogP contribution in [0.3, 0.4) is 0 Å². The fourth-order valence-corrected chi connectivity index (χ4v) is 4.71. The van der Waals surface area contributed by atoms with Crippen LogP contribution in [-0.2, 0) is 20.8 Å². The summed E-state index contributed by atoms with van der Waals surface area (Å²) in [5, 5.41) is 12.8. The first-order chi connectivity index (χ1) is 14.3. The van der Waals surface area contributed by atoms with Crippen LogP contribution in [0.1, 0.15) is 50.4 Å². The Morgan fingerprint density at radius 2 is 2.10 bits per heavy atom. The molecule has 160 valence electrons. The number of carbonyl (C=O) groups excluding carboxylic acids is 2. The number of carboxylic acid groups (broad SMARTS) is 1. The number of aromatic amines is 1. The number of amides is 2. The molecule has 8 heteroatoms. The van der Waals surface area contributed by atoms with Crippen LogP contribution in [0.25, 0.3) is 10.9 Å². The lowest BCUT2D eigenvalue weighted by Crippen LogP contribution is -2.65. The molecule has 3 heterocycles. The van der Waals surface area contributed by atoms with Crippen LogP contribution in [-0.4, -0.2) is 52.0 Å². The molecule has 3 atom stereocenters. The molecule has 1 fully saturated rings. The summed E-state index contributed by atoms with van der Waals surface area (Å²) in [6.45, 7) is 4.18. The Hall–Kier alpha value is -3.03. The van der Waals surface area contributed by atoms with Crippen LogP contribution in [0.15, 0.2) is 18.2 Å². The molecule has 0 spiro atoms. The molecule has 3 N–H and O–H groups in total. The summed E-state index contributed by atoms with van der Waals surface area (Å²) in [5.41, 5.74) is 2.94. The Bertz CT molecular complexity index is 1010. The highest BCUT2D eigenvalue weighted by molar-refractivity contribution is 5.99. The molecule has 1 aromatic heterocycles. The van der Waals surface area contributed by atoms with Gasteiger partial charge in [0.25, 0.3) is 0 Å². The van der Waals surface area contributed by atoms with E-state index in [1.807, 2.05) is 18.2 Å². The van der Waals surface area contributed by atoms with Crippen molar-refractivity contribution in [1.29, 1.82) is 0 Å². The van der Waals surface area contributed by atoms with E-state index in [2.05, 4.69) is 24.1 Å². The summed E-state index contributed by atoms with van der Waals surface area (Å²) < 4.78 is 5.34. The van der Waals surface area contributed by atoms with Crippen molar-refractivity contribution >= 4 is 28.7 Å². The van der Waals surface area contributed by atoms with E-state index < -0.39 is 18.1 Å². The van der Waals surface area contributed by atoms with Gasteiger partial charge in [-0.2, -0.15) is 0 Å². The quantitative estimate of drug-likeness (QED) is 0.673. The fraction of sp³-hybridized carbons (Fsp3) is 0.500. The highest BCUT2D eigenvalue weighted by Crippen LogP contribution is 2.42. The highest BCUT2D eigenvalue weighted by Gasteiger charge is 2.48. The number of nitrogens with zero attached hydrogens (tertiary/aromatic N) is 1. The number of aliphatic carboxylic acids is 1. The Labute approximate surface area is 174 Å². The fourth-order valence-electron chi connectivity index (χ4n) is 4.71. The second-order valence-corrected chi connectivity index (χ2v) is 8.53. The van der Waals surface area contributed by atoms with Gasteiger partial charge in [0.2, 0.25) is 11.8 Å². The van der Waals surface area contributed by atoms with Gasteiger partial charge in [-0.05, 0) is 36.5 Å². The van der Waals surface area contributed by atoms with Crippen molar-refractivity contribution in [3.8, 4) is 5.75 Å². The van der Waals surface area contributed by atoms with E-state index in [0.29, 0.717) is 18.8 Å². The number of fused-ring (bicyclic) bond motifs is 4. The minimum atomic E-state index is -0.983. The van der Waals surface area contributed by atoms with Crippen LogP contribution in [0.4, 0.5) is 0 Å². The average Bonchev–Trinajstić information content (AvgIpc) is 3.06. The van der Waals surface area contributed by atoms with Crippen LogP contribution in [0.2, 0.25) is 0 Å². The average molecular weight is 413 g/mol. The van der Waals surface area contributed by atoms with Gasteiger partial charge in [-0.3, -0.25) is 14.4 Å². The Balaban J connectivity index is 1.78. The summed E-state index contributed by atoms with van der Waals surface area (Å²) in [6.07, 6.45) is 1.06. The van der Waals surface area contributed by atoms with Crippen LogP contribution in [0, 0.1) is 5.92 Å². The smallest absolute Gasteiger partial charge is 0.303 e. The van der Waals surface area contributed by atoms with Crippen molar-refractivity contribution < 1.29 is 24.2 Å². The van der Waals surface area contributed by atoms with Crippen LogP contribution < -0.4 is 10.1 Å². The second kappa shape index (κ2) is 7.66. The standard InChI is InChI=1S/C22H27N3O5/c1-11(2)8-17-20-14(13-5-4-12(30-3)9-16(13)23-20)10-18-21(28)24-15(6-7-19(26)27)22(29)25(17)18/h4-5,9,11,15,17-18,23H,6-8,10H2,1-3H3,(H,24,28)(H,26,27). The van der Waals surface area contributed by atoms with E-state index in [9.17, 15) is 14.4 Å². The molecule has 0 bridgehead atoms. The molecule has 4 rings (SSSR count). The molecule has 30 heavy (non-hydrogen) atoms. The van der Waals surface area contributed by atoms with Crippen molar-refractivity contribution in [1.82, 2.24) is 15.2 Å². The maximum absolute atomic E-state index is 13.3. The Morgan fingerprint density at radius 3 is 2.77 bits per heavy atom. The van der Waals surface area contributed by atoms with Gasteiger partial charge in [0, 0.05) is 35.5 Å². The maximum Gasteiger partial charge on any atom is 0.303 e. The third kappa shape index (κ3) is 3.40. The summed E-state index contributed by atoms with van der Waals surface area (Å²) >= 11 is 0. The third-order valence-corrected chi connectivity index (χ3v) is 6.06. The zero-order chi connectivity index (χ0) is 21.6. The molecule has 1 aromatic carbocycles. The van der Waals surface area contributed by atoms with E-state index >= 15 is 0 Å². The van der Waals surface area contributed by atoms with Gasteiger partial charge in [0.15, 0.2) is 0 Å². The molecule has 1 saturated heterocycles. The van der Waals surface area contributed by atoms with Gasteiger partial charge < -0.3 is 25.0 Å².